The lowest BCUT2D eigenvalue weighted by molar-refractivity contribution is 0.00578. The van der Waals surface area contributed by atoms with Crippen LogP contribution in [0.2, 0.25) is 0 Å². The minimum absolute atomic E-state index is 0.360. The van der Waals surface area contributed by atoms with E-state index in [1.165, 1.54) is 0 Å². The van der Waals surface area contributed by atoms with Gasteiger partial charge in [-0.15, -0.1) is 0 Å². The fourth-order valence-electron chi connectivity index (χ4n) is 1.83. The molecule has 0 spiro atoms. The van der Waals surface area contributed by atoms with Crippen molar-refractivity contribution in [3.05, 3.63) is 23.5 Å². The SMILES string of the molecule is Cc1cnc(C#N)c(B2OC(C)(C)C(C)(C)O2)c1. The van der Waals surface area contributed by atoms with Gasteiger partial charge < -0.3 is 9.31 Å². The van der Waals surface area contributed by atoms with Crippen LogP contribution in [-0.4, -0.2) is 23.3 Å². The maximum atomic E-state index is 9.11. The second-order valence-corrected chi connectivity index (χ2v) is 5.65. The number of hydrogen-bond acceptors (Lipinski definition) is 4. The monoisotopic (exact) mass is 244 g/mol. The van der Waals surface area contributed by atoms with Crippen LogP contribution in [0.4, 0.5) is 0 Å². The molecule has 0 aromatic carbocycles. The number of rotatable bonds is 1. The highest BCUT2D eigenvalue weighted by Crippen LogP contribution is 2.36. The van der Waals surface area contributed by atoms with Crippen molar-refractivity contribution in [2.24, 2.45) is 0 Å². The summed E-state index contributed by atoms with van der Waals surface area (Å²) in [4.78, 5) is 4.12. The van der Waals surface area contributed by atoms with Crippen molar-refractivity contribution in [2.45, 2.75) is 45.8 Å². The molecular formula is C13H17BN2O2. The standard InChI is InChI=1S/C13H17BN2O2/c1-9-6-10(11(7-15)16-8-9)14-17-12(2,3)13(4,5)18-14/h6,8H,1-5H3. The number of nitrogens with zero attached hydrogens (tertiary/aromatic N) is 2. The summed E-state index contributed by atoms with van der Waals surface area (Å²) in [7, 11) is -0.531. The summed E-state index contributed by atoms with van der Waals surface area (Å²) < 4.78 is 11.9. The molecule has 4 nitrogen and oxygen atoms in total. The Hall–Kier alpha value is -1.38. The van der Waals surface area contributed by atoms with Gasteiger partial charge in [0.2, 0.25) is 0 Å². The van der Waals surface area contributed by atoms with E-state index in [9.17, 15) is 0 Å². The van der Waals surface area contributed by atoms with Gasteiger partial charge in [-0.05, 0) is 40.2 Å². The molecule has 0 radical (unpaired) electrons. The van der Waals surface area contributed by atoms with Gasteiger partial charge in [0.25, 0.3) is 0 Å². The van der Waals surface area contributed by atoms with Crippen molar-refractivity contribution in [1.82, 2.24) is 4.98 Å². The number of hydrogen-bond donors (Lipinski definition) is 0. The summed E-state index contributed by atoms with van der Waals surface area (Å²) in [5, 5.41) is 9.11. The highest BCUT2D eigenvalue weighted by Gasteiger charge is 2.52. The van der Waals surface area contributed by atoms with Gasteiger partial charge in [0.15, 0.2) is 0 Å². The molecule has 2 rings (SSSR count). The molecule has 1 saturated heterocycles. The number of aromatic nitrogens is 1. The maximum Gasteiger partial charge on any atom is 0.497 e. The van der Waals surface area contributed by atoms with Crippen LogP contribution in [0.5, 0.6) is 0 Å². The zero-order valence-corrected chi connectivity index (χ0v) is 11.4. The quantitative estimate of drug-likeness (QED) is 0.703. The average Bonchev–Trinajstić information content (AvgIpc) is 2.48. The largest absolute Gasteiger partial charge is 0.497 e. The van der Waals surface area contributed by atoms with Gasteiger partial charge in [0.05, 0.1) is 11.2 Å². The molecule has 0 atom stereocenters. The van der Waals surface area contributed by atoms with Gasteiger partial charge in [-0.25, -0.2) is 4.98 Å². The molecule has 1 aliphatic rings. The molecule has 1 aromatic rings. The van der Waals surface area contributed by atoms with E-state index in [0.717, 1.165) is 5.56 Å². The second kappa shape index (κ2) is 4.08. The zero-order valence-electron chi connectivity index (χ0n) is 11.4. The first kappa shape index (κ1) is 13.1. The van der Waals surface area contributed by atoms with Crippen molar-refractivity contribution in [1.29, 1.82) is 5.26 Å². The maximum absolute atomic E-state index is 9.11. The van der Waals surface area contributed by atoms with E-state index in [1.807, 2.05) is 40.7 Å². The number of nitriles is 1. The van der Waals surface area contributed by atoms with Crippen molar-refractivity contribution in [3.8, 4) is 6.07 Å². The number of aryl methyl sites for hydroxylation is 1. The summed E-state index contributed by atoms with van der Waals surface area (Å²) in [6, 6.07) is 3.98. The molecule has 2 heterocycles. The minimum Gasteiger partial charge on any atom is -0.399 e. The Morgan fingerprint density at radius 2 is 1.78 bits per heavy atom. The van der Waals surface area contributed by atoms with Gasteiger partial charge in [-0.3, -0.25) is 0 Å². The van der Waals surface area contributed by atoms with Gasteiger partial charge in [-0.2, -0.15) is 5.26 Å². The van der Waals surface area contributed by atoms with Crippen LogP contribution in [0.15, 0.2) is 12.3 Å². The van der Waals surface area contributed by atoms with E-state index >= 15 is 0 Å². The van der Waals surface area contributed by atoms with Gasteiger partial charge in [-0.1, -0.05) is 6.07 Å². The first-order chi connectivity index (χ1) is 8.27. The Kier molecular flexibility index (Phi) is 2.96. The van der Waals surface area contributed by atoms with Crippen LogP contribution in [0.25, 0.3) is 0 Å². The third kappa shape index (κ3) is 2.02. The lowest BCUT2D eigenvalue weighted by atomic mass is 9.77. The lowest BCUT2D eigenvalue weighted by Gasteiger charge is -2.32. The zero-order chi connectivity index (χ0) is 13.6. The smallest absolute Gasteiger partial charge is 0.399 e. The molecule has 0 N–H and O–H groups in total. The molecule has 1 aliphatic heterocycles. The fraction of sp³-hybridized carbons (Fsp3) is 0.538. The van der Waals surface area contributed by atoms with E-state index in [2.05, 4.69) is 11.1 Å². The normalized spacial score (nSPS) is 20.8. The summed E-state index contributed by atoms with van der Waals surface area (Å²) in [5.41, 5.74) is 1.23. The Bertz CT molecular complexity index is 504. The van der Waals surface area contributed by atoms with Gasteiger partial charge >= 0.3 is 7.12 Å². The molecule has 18 heavy (non-hydrogen) atoms. The molecule has 0 unspecified atom stereocenters. The molecule has 0 bridgehead atoms. The third-order valence-corrected chi connectivity index (χ3v) is 3.67. The lowest BCUT2D eigenvalue weighted by Crippen LogP contribution is -2.41. The third-order valence-electron chi connectivity index (χ3n) is 3.67. The molecule has 0 aliphatic carbocycles. The Labute approximate surface area is 108 Å². The fourth-order valence-corrected chi connectivity index (χ4v) is 1.83. The van der Waals surface area contributed by atoms with Crippen molar-refractivity contribution >= 4 is 12.6 Å². The summed E-state index contributed by atoms with van der Waals surface area (Å²) in [6.45, 7) is 9.89. The van der Waals surface area contributed by atoms with E-state index < -0.39 is 18.3 Å². The Morgan fingerprint density at radius 3 is 2.28 bits per heavy atom. The highest BCUT2D eigenvalue weighted by molar-refractivity contribution is 6.62. The van der Waals surface area contributed by atoms with E-state index in [1.54, 1.807) is 6.20 Å². The van der Waals surface area contributed by atoms with E-state index in [4.69, 9.17) is 14.6 Å². The molecule has 1 fully saturated rings. The van der Waals surface area contributed by atoms with E-state index in [0.29, 0.717) is 11.2 Å². The first-order valence-electron chi connectivity index (χ1n) is 5.99. The van der Waals surface area contributed by atoms with Crippen molar-refractivity contribution in [3.63, 3.8) is 0 Å². The van der Waals surface area contributed by atoms with Crippen LogP contribution >= 0.6 is 0 Å². The van der Waals surface area contributed by atoms with Gasteiger partial charge in [0.1, 0.15) is 11.8 Å². The summed E-state index contributed by atoms with van der Waals surface area (Å²) in [5.74, 6) is 0. The average molecular weight is 244 g/mol. The molecule has 1 aromatic heterocycles. The number of pyridine rings is 1. The van der Waals surface area contributed by atoms with Gasteiger partial charge in [0, 0.05) is 11.7 Å². The minimum atomic E-state index is -0.531. The Balaban J connectivity index is 2.41. The topological polar surface area (TPSA) is 55.1 Å². The van der Waals surface area contributed by atoms with Crippen molar-refractivity contribution < 1.29 is 9.31 Å². The van der Waals surface area contributed by atoms with Crippen LogP contribution in [0.3, 0.4) is 0 Å². The summed E-state index contributed by atoms with van der Waals surface area (Å²) >= 11 is 0. The second-order valence-electron chi connectivity index (χ2n) is 5.65. The molecule has 5 heteroatoms. The molecular weight excluding hydrogens is 227 g/mol. The molecule has 94 valence electrons. The van der Waals surface area contributed by atoms with Crippen molar-refractivity contribution in [2.75, 3.05) is 0 Å². The van der Waals surface area contributed by atoms with Crippen LogP contribution in [-0.2, 0) is 9.31 Å². The first-order valence-corrected chi connectivity index (χ1v) is 5.99. The molecule has 0 saturated carbocycles. The predicted octanol–water partition coefficient (Wildman–Crippen LogP) is 1.56. The highest BCUT2D eigenvalue weighted by atomic mass is 16.7. The van der Waals surface area contributed by atoms with Crippen LogP contribution in [0.1, 0.15) is 39.0 Å². The molecule has 0 amide bonds. The van der Waals surface area contributed by atoms with Crippen LogP contribution < -0.4 is 5.46 Å². The van der Waals surface area contributed by atoms with E-state index in [-0.39, 0.29) is 0 Å². The van der Waals surface area contributed by atoms with Crippen LogP contribution in [0, 0.1) is 18.3 Å². The summed E-state index contributed by atoms with van der Waals surface area (Å²) in [6.07, 6.45) is 1.67. The Morgan fingerprint density at radius 1 is 1.22 bits per heavy atom. The predicted molar refractivity (Wildman–Crippen MR) is 69.4 cm³/mol.